The molecule has 1 atom stereocenters. The van der Waals surface area contributed by atoms with Gasteiger partial charge in [-0.05, 0) is 23.3 Å². The van der Waals surface area contributed by atoms with Gasteiger partial charge in [0.25, 0.3) is 11.6 Å². The number of ether oxygens (including phenoxy) is 1. The number of Topliss-reactive ketones (excluding diaryl/α,β-unsaturated/α-hetero) is 2. The number of hydroxylamine groups is 2. The molecule has 1 unspecified atom stereocenters. The second-order valence-electron chi connectivity index (χ2n) is 7.10. The van der Waals surface area contributed by atoms with Crippen LogP contribution < -0.4 is 5.32 Å². The number of aliphatic carboxylic acids is 1. The van der Waals surface area contributed by atoms with Crippen molar-refractivity contribution in [3.8, 4) is 0 Å². The van der Waals surface area contributed by atoms with Crippen molar-refractivity contribution in [3.05, 3.63) is 82.3 Å². The number of ketones is 2. The number of carboxylic acid groups (broad SMARTS) is 1. The molecule has 1 aliphatic heterocycles. The summed E-state index contributed by atoms with van der Waals surface area (Å²) in [4.78, 5) is 68.3. The van der Waals surface area contributed by atoms with Gasteiger partial charge in [-0.1, -0.05) is 70.5 Å². The third-order valence-corrected chi connectivity index (χ3v) is 5.37. The van der Waals surface area contributed by atoms with Crippen LogP contribution >= 0.6 is 15.9 Å². The van der Waals surface area contributed by atoms with Crippen LogP contribution in [0, 0.1) is 0 Å². The molecule has 34 heavy (non-hydrogen) atoms. The van der Waals surface area contributed by atoms with Crippen molar-refractivity contribution in [2.75, 3.05) is 13.1 Å². The molecule has 1 heterocycles. The molecule has 0 saturated carbocycles. The van der Waals surface area contributed by atoms with Gasteiger partial charge in [0.15, 0.2) is 0 Å². The van der Waals surface area contributed by atoms with Gasteiger partial charge in [0.05, 0.1) is 13.1 Å². The molecule has 2 aromatic rings. The number of hydrogen-bond donors (Lipinski definition) is 2. The topological polar surface area (TPSA) is 139 Å². The van der Waals surface area contributed by atoms with Crippen LogP contribution in [0.25, 0.3) is 0 Å². The fourth-order valence-electron chi connectivity index (χ4n) is 3.17. The van der Waals surface area contributed by atoms with Crippen molar-refractivity contribution in [2.24, 2.45) is 0 Å². The van der Waals surface area contributed by atoms with Gasteiger partial charge in [-0.2, -0.15) is 0 Å². The summed E-state index contributed by atoms with van der Waals surface area (Å²) in [5, 5.41) is 12.7. The number of nitrogens with one attached hydrogen (secondary N) is 1. The third kappa shape index (κ3) is 5.56. The van der Waals surface area contributed by atoms with E-state index in [4.69, 9.17) is 9.57 Å². The minimum Gasteiger partial charge on any atom is -0.475 e. The van der Waals surface area contributed by atoms with E-state index in [1.54, 1.807) is 42.5 Å². The average Bonchev–Trinajstić information content (AvgIpc) is 3.34. The normalized spacial score (nSPS) is 14.6. The maximum absolute atomic E-state index is 13.3. The monoisotopic (exact) mass is 530 g/mol. The number of carbonyl (C=O) groups excluding carboxylic acids is 4. The largest absolute Gasteiger partial charge is 0.475 e. The second kappa shape index (κ2) is 10.9. The van der Waals surface area contributed by atoms with E-state index >= 15 is 0 Å². The zero-order valence-corrected chi connectivity index (χ0v) is 19.2. The Labute approximate surface area is 202 Å². The highest BCUT2D eigenvalue weighted by Crippen LogP contribution is 2.27. The van der Waals surface area contributed by atoms with Crippen LogP contribution in [0.4, 0.5) is 4.79 Å². The minimum atomic E-state index is -2.93. The van der Waals surface area contributed by atoms with E-state index in [1.807, 2.05) is 5.32 Å². The van der Waals surface area contributed by atoms with Crippen LogP contribution in [-0.2, 0) is 40.9 Å². The van der Waals surface area contributed by atoms with Crippen molar-refractivity contribution >= 4 is 45.5 Å². The van der Waals surface area contributed by atoms with Crippen LogP contribution in [0.1, 0.15) is 11.1 Å². The number of carbonyl (C=O) groups is 5. The first kappa shape index (κ1) is 24.8. The molecule has 11 heteroatoms. The number of rotatable bonds is 9. The van der Waals surface area contributed by atoms with Gasteiger partial charge in [-0.15, -0.1) is 5.06 Å². The summed E-state index contributed by atoms with van der Waals surface area (Å²) < 4.78 is 5.63. The van der Waals surface area contributed by atoms with Crippen molar-refractivity contribution in [1.29, 1.82) is 0 Å². The van der Waals surface area contributed by atoms with E-state index < -0.39 is 35.1 Å². The molecule has 176 valence electrons. The summed E-state index contributed by atoms with van der Waals surface area (Å²) in [6.45, 7) is 0.163. The number of benzene rings is 2. The summed E-state index contributed by atoms with van der Waals surface area (Å²) in [5.74, 6) is -6.92. The zero-order chi connectivity index (χ0) is 24.7. The Morgan fingerprint density at radius 1 is 0.941 bits per heavy atom. The number of amides is 1. The van der Waals surface area contributed by atoms with Crippen LogP contribution in [0.15, 0.2) is 71.2 Å². The van der Waals surface area contributed by atoms with Gasteiger partial charge < -0.3 is 14.7 Å². The molecule has 0 spiro atoms. The molecular weight excluding hydrogens is 512 g/mol. The van der Waals surface area contributed by atoms with Crippen molar-refractivity contribution in [3.63, 3.8) is 0 Å². The minimum absolute atomic E-state index is 0.198. The summed E-state index contributed by atoms with van der Waals surface area (Å²) >= 11 is 3.20. The smallest absolute Gasteiger partial charge is 0.408 e. The molecule has 1 amide bonds. The van der Waals surface area contributed by atoms with Crippen LogP contribution in [0.2, 0.25) is 0 Å². The predicted octanol–water partition coefficient (Wildman–Crippen LogP) is 2.12. The van der Waals surface area contributed by atoms with E-state index in [0.29, 0.717) is 10.0 Å². The zero-order valence-electron chi connectivity index (χ0n) is 17.6. The molecule has 0 saturated heterocycles. The molecule has 0 aromatic heterocycles. The molecule has 0 fully saturated rings. The maximum atomic E-state index is 13.3. The molecular formula is C23H19BrN2O8. The molecule has 0 aliphatic carbocycles. The lowest BCUT2D eigenvalue weighted by Gasteiger charge is -2.30. The Morgan fingerprint density at radius 2 is 1.56 bits per heavy atom. The van der Waals surface area contributed by atoms with Crippen molar-refractivity contribution in [1.82, 2.24) is 10.4 Å². The predicted molar refractivity (Wildman–Crippen MR) is 120 cm³/mol. The van der Waals surface area contributed by atoms with Crippen molar-refractivity contribution in [2.45, 2.75) is 12.1 Å². The van der Waals surface area contributed by atoms with Gasteiger partial charge in [0, 0.05) is 4.47 Å². The second-order valence-corrected chi connectivity index (χ2v) is 8.02. The van der Waals surface area contributed by atoms with Gasteiger partial charge in [0.2, 0.25) is 5.54 Å². The quantitative estimate of drug-likeness (QED) is 0.283. The summed E-state index contributed by atoms with van der Waals surface area (Å²) in [6, 6.07) is 13.8. The Balaban J connectivity index is 1.97. The van der Waals surface area contributed by atoms with Gasteiger partial charge in [-0.3, -0.25) is 14.9 Å². The maximum Gasteiger partial charge on any atom is 0.408 e. The van der Waals surface area contributed by atoms with E-state index in [0.717, 1.165) is 5.06 Å². The SMILES string of the molecule is O=C(NC(C(=O)C(=O)O)(C(=O)C(=O)ON1CC=CC1)c1ccc(Br)cc1)OCc1ccccc1. The van der Waals surface area contributed by atoms with E-state index in [9.17, 15) is 29.1 Å². The highest BCUT2D eigenvalue weighted by atomic mass is 79.9. The Morgan fingerprint density at radius 3 is 2.15 bits per heavy atom. The number of hydrogen-bond acceptors (Lipinski definition) is 8. The first-order valence-corrected chi connectivity index (χ1v) is 10.7. The molecule has 3 rings (SSSR count). The van der Waals surface area contributed by atoms with E-state index in [-0.39, 0.29) is 25.3 Å². The van der Waals surface area contributed by atoms with Crippen LogP contribution in [0.3, 0.4) is 0 Å². The lowest BCUT2D eigenvalue weighted by atomic mass is 9.81. The molecule has 0 bridgehead atoms. The van der Waals surface area contributed by atoms with E-state index in [1.165, 1.54) is 24.3 Å². The summed E-state index contributed by atoms with van der Waals surface area (Å²) in [5.41, 5.74) is -2.59. The van der Waals surface area contributed by atoms with Gasteiger partial charge in [0.1, 0.15) is 6.61 Å². The Bertz CT molecular complexity index is 1130. The molecule has 10 nitrogen and oxygen atoms in total. The number of nitrogens with zero attached hydrogens (tertiary/aromatic N) is 1. The summed E-state index contributed by atoms with van der Waals surface area (Å²) in [6.07, 6.45) is 2.08. The fraction of sp³-hybridized carbons (Fsp3) is 0.174. The third-order valence-electron chi connectivity index (χ3n) is 4.84. The highest BCUT2D eigenvalue weighted by Gasteiger charge is 2.55. The fourth-order valence-corrected chi connectivity index (χ4v) is 3.43. The number of alkyl carbamates (subject to hydrolysis) is 1. The number of carboxylic acids is 1. The van der Waals surface area contributed by atoms with Gasteiger partial charge >= 0.3 is 18.0 Å². The number of halogens is 1. The van der Waals surface area contributed by atoms with Gasteiger partial charge in [-0.25, -0.2) is 14.4 Å². The molecule has 2 N–H and O–H groups in total. The first-order chi connectivity index (χ1) is 16.2. The van der Waals surface area contributed by atoms with Crippen LogP contribution in [0.5, 0.6) is 0 Å². The lowest BCUT2D eigenvalue weighted by Crippen LogP contribution is -2.62. The van der Waals surface area contributed by atoms with E-state index in [2.05, 4.69) is 15.9 Å². The molecule has 2 aromatic carbocycles. The lowest BCUT2D eigenvalue weighted by molar-refractivity contribution is -0.188. The summed E-state index contributed by atoms with van der Waals surface area (Å²) in [7, 11) is 0. The Kier molecular flexibility index (Phi) is 7.92. The highest BCUT2D eigenvalue weighted by molar-refractivity contribution is 9.10. The Hall–Kier alpha value is -3.83. The molecule has 0 radical (unpaired) electrons. The van der Waals surface area contributed by atoms with Crippen LogP contribution in [-0.4, -0.2) is 52.9 Å². The van der Waals surface area contributed by atoms with Crippen molar-refractivity contribution < 1.29 is 38.7 Å². The molecule has 1 aliphatic rings. The first-order valence-electron chi connectivity index (χ1n) is 9.93. The average molecular weight is 531 g/mol. The standard InChI is InChI=1S/C23H19BrN2O8/c24-17-10-8-16(9-11-17)23(18(27)20(29)30,19(28)21(31)34-26-12-4-5-13-26)25-22(32)33-14-15-6-2-1-3-7-15/h1-11H,12-14H2,(H,25,32)(H,29,30).